The lowest BCUT2D eigenvalue weighted by atomic mass is 9.55. The number of fused-ring (bicyclic) bond motifs is 6. The number of aliphatic hydroxyl groups excluding tert-OH is 2. The van der Waals surface area contributed by atoms with Crippen LogP contribution in [0.25, 0.3) is 0 Å². The van der Waals surface area contributed by atoms with Gasteiger partial charge in [-0.15, -0.1) is 0 Å². The van der Waals surface area contributed by atoms with Crippen molar-refractivity contribution in [2.45, 2.75) is 144 Å². The van der Waals surface area contributed by atoms with Gasteiger partial charge in [0.15, 0.2) is 6.04 Å². The molecule has 22 nitrogen and oxygen atoms in total. The molecule has 5 aliphatic heterocycles. The van der Waals surface area contributed by atoms with Crippen LogP contribution in [0.3, 0.4) is 0 Å². The smallest absolute Gasteiger partial charge is 0.330 e. The molecule has 78 heavy (non-hydrogen) atoms. The molecular weight excluding hydrogens is 1010 g/mol. The molecule has 22 heteroatoms. The highest BCUT2D eigenvalue weighted by Crippen LogP contribution is 2.62. The van der Waals surface area contributed by atoms with Crippen molar-refractivity contribution in [2.24, 2.45) is 60.3 Å². The second-order valence-corrected chi connectivity index (χ2v) is 22.5. The van der Waals surface area contributed by atoms with Gasteiger partial charge in [-0.1, -0.05) is 34.6 Å². The fraction of sp³-hybridized carbons (Fsp3) is 0.696. The number of esters is 6. The maximum atomic E-state index is 14.3. The summed E-state index contributed by atoms with van der Waals surface area (Å²) in [6, 6.07) is -2.30. The number of nitrogens with zero attached hydrogens (tertiary/aromatic N) is 3. The average molecular weight is 1100 g/mol. The second-order valence-electron chi connectivity index (χ2n) is 22.5. The number of carbonyl (C=O) groups is 8. The Hall–Kier alpha value is -6.29. The van der Waals surface area contributed by atoms with E-state index in [4.69, 9.17) is 43.4 Å². The molecule has 1 fully saturated rings. The van der Waals surface area contributed by atoms with Crippen molar-refractivity contribution in [1.29, 1.82) is 0 Å². The summed E-state index contributed by atoms with van der Waals surface area (Å²) in [5, 5.41) is 28.9. The predicted molar refractivity (Wildman–Crippen MR) is 285 cm³/mol. The zero-order chi connectivity index (χ0) is 58.3. The van der Waals surface area contributed by atoms with E-state index in [1.807, 2.05) is 61.5 Å². The summed E-state index contributed by atoms with van der Waals surface area (Å²) >= 11 is 0. The minimum Gasteiger partial charge on any atom is -0.469 e. The molecule has 0 aromatic carbocycles. The maximum Gasteiger partial charge on any atom is 0.330 e. The van der Waals surface area contributed by atoms with Crippen molar-refractivity contribution in [3.63, 3.8) is 0 Å². The van der Waals surface area contributed by atoms with Crippen LogP contribution in [0.5, 0.6) is 0 Å². The van der Waals surface area contributed by atoms with E-state index in [9.17, 15) is 48.6 Å². The summed E-state index contributed by atoms with van der Waals surface area (Å²) in [6.07, 6.45) is 1.44. The molecule has 0 aromatic rings. The Bertz CT molecular complexity index is 2580. The molecule has 10 atom stereocenters. The van der Waals surface area contributed by atoms with Crippen LogP contribution < -0.4 is 16.0 Å². The lowest BCUT2D eigenvalue weighted by molar-refractivity contribution is -0.147. The van der Waals surface area contributed by atoms with Gasteiger partial charge in [-0.05, 0) is 63.7 Å². The van der Waals surface area contributed by atoms with Crippen molar-refractivity contribution in [3.8, 4) is 0 Å². The van der Waals surface area contributed by atoms with Gasteiger partial charge in [0.1, 0.15) is 0 Å². The molecule has 0 aliphatic carbocycles. The van der Waals surface area contributed by atoms with Gasteiger partial charge < -0.3 is 54.6 Å². The Labute approximate surface area is 457 Å². The standard InChI is InChI=1S/C56H82N6O16/c1-30-46-33(16-19-41(67)73-9)52(3,4)38(60-46)26-36-32(15-18-39(65)58-37(29-64)51(72)78-14)54(6,27-40(66)57-23-24-63)49(59-36)31(2)47-34(17-20-42(68)74-10)55(7,28-45(71)77-13)56(8,62-47)50-35(25-44(70)76-12)53(5,48(30)61-50)22-21-43(69)75-11/h26,32-35,37,50,59,63-64H,15-25,27-29H2,1-14H3,(H,57,66)(H,58,65)/b36-26?,46-30?,49-31-/t32-,33-,34-,35+,37+,50?,53-,54+,55+,56+/m1/s1. The van der Waals surface area contributed by atoms with Gasteiger partial charge in [0.05, 0.1) is 80.3 Å². The molecule has 2 amide bonds. The summed E-state index contributed by atoms with van der Waals surface area (Å²) in [5.41, 5.74) is -1.57. The molecular formula is C56H82N6O16. The monoisotopic (exact) mass is 1090 g/mol. The molecule has 0 saturated carbocycles. The van der Waals surface area contributed by atoms with Crippen molar-refractivity contribution in [2.75, 3.05) is 62.4 Å². The number of amides is 2. The summed E-state index contributed by atoms with van der Waals surface area (Å²) in [6.45, 7) is 14.2. The first kappa shape index (κ1) is 62.6. The van der Waals surface area contributed by atoms with E-state index in [1.165, 1.54) is 35.5 Å². The van der Waals surface area contributed by atoms with E-state index in [2.05, 4.69) is 16.0 Å². The number of carbonyl (C=O) groups excluding carboxylic acids is 8. The van der Waals surface area contributed by atoms with Gasteiger partial charge in [0, 0.05) is 118 Å². The van der Waals surface area contributed by atoms with E-state index in [0.29, 0.717) is 45.4 Å². The first-order valence-electron chi connectivity index (χ1n) is 26.5. The molecule has 8 bridgehead atoms. The Morgan fingerprint density at radius 3 is 1.82 bits per heavy atom. The number of aliphatic imine (C=N–C) groups is 3. The van der Waals surface area contributed by atoms with Gasteiger partial charge in [0.25, 0.3) is 0 Å². The Balaban J connectivity index is 2.02. The first-order chi connectivity index (χ1) is 36.7. The minimum absolute atomic E-state index is 0.0122. The number of hydrogen-bond donors (Lipinski definition) is 5. The number of nitrogens with one attached hydrogen (secondary N) is 3. The average Bonchev–Trinajstić information content (AvgIpc) is 4.08. The summed E-state index contributed by atoms with van der Waals surface area (Å²) in [7, 11) is 7.58. The lowest BCUT2D eigenvalue weighted by Gasteiger charge is -2.48. The van der Waals surface area contributed by atoms with E-state index < -0.39 is 117 Å². The highest BCUT2D eigenvalue weighted by molar-refractivity contribution is 6.10. The van der Waals surface area contributed by atoms with Crippen molar-refractivity contribution >= 4 is 64.8 Å². The fourth-order valence-electron chi connectivity index (χ4n) is 13.0. The number of ether oxygens (including phenoxy) is 6. The number of aliphatic hydroxyl groups is 2. The van der Waals surface area contributed by atoms with Gasteiger partial charge in [-0.25, -0.2) is 4.79 Å². The summed E-state index contributed by atoms with van der Waals surface area (Å²) in [4.78, 5) is 125. The first-order valence-corrected chi connectivity index (χ1v) is 26.5. The highest BCUT2D eigenvalue weighted by Gasteiger charge is 2.66. The van der Waals surface area contributed by atoms with Crippen LogP contribution in [0.4, 0.5) is 0 Å². The number of hydrogen-bond acceptors (Lipinski definition) is 20. The van der Waals surface area contributed by atoms with Crippen LogP contribution in [-0.2, 0) is 66.8 Å². The van der Waals surface area contributed by atoms with E-state index in [0.717, 1.165) is 7.11 Å². The van der Waals surface area contributed by atoms with Crippen LogP contribution in [0.1, 0.15) is 126 Å². The van der Waals surface area contributed by atoms with Crippen molar-refractivity contribution in [1.82, 2.24) is 16.0 Å². The third kappa shape index (κ3) is 12.1. The molecule has 0 spiro atoms. The van der Waals surface area contributed by atoms with Gasteiger partial charge in [0.2, 0.25) is 11.8 Å². The van der Waals surface area contributed by atoms with Gasteiger partial charge in [-0.2, -0.15) is 0 Å². The zero-order valence-electron chi connectivity index (χ0n) is 47.9. The molecule has 1 unspecified atom stereocenters. The lowest BCUT2D eigenvalue weighted by Crippen LogP contribution is -2.55. The number of methoxy groups -OCH3 is 6. The van der Waals surface area contributed by atoms with Crippen molar-refractivity contribution < 1.29 is 77.0 Å². The maximum absolute atomic E-state index is 14.3. The molecule has 5 heterocycles. The molecule has 0 radical (unpaired) electrons. The normalized spacial score (nSPS) is 30.0. The van der Waals surface area contributed by atoms with Crippen LogP contribution in [0.15, 0.2) is 49.3 Å². The summed E-state index contributed by atoms with van der Waals surface area (Å²) < 4.78 is 31.2. The topological polar surface area (TPSA) is 306 Å². The quantitative estimate of drug-likeness (QED) is 0.0715. The second kappa shape index (κ2) is 25.2. The van der Waals surface area contributed by atoms with E-state index in [-0.39, 0.29) is 83.8 Å². The minimum atomic E-state index is -1.45. The van der Waals surface area contributed by atoms with Crippen molar-refractivity contribution in [3.05, 3.63) is 34.3 Å². The van der Waals surface area contributed by atoms with E-state index in [1.54, 1.807) is 0 Å². The van der Waals surface area contributed by atoms with Crippen LogP contribution in [0.2, 0.25) is 0 Å². The Morgan fingerprint density at radius 1 is 0.679 bits per heavy atom. The molecule has 5 N–H and O–H groups in total. The third-order valence-electron chi connectivity index (χ3n) is 17.9. The van der Waals surface area contributed by atoms with Gasteiger partial charge >= 0.3 is 35.8 Å². The molecule has 5 rings (SSSR count). The fourth-order valence-corrected chi connectivity index (χ4v) is 13.0. The van der Waals surface area contributed by atoms with E-state index >= 15 is 0 Å². The largest absolute Gasteiger partial charge is 0.469 e. The Morgan fingerprint density at radius 2 is 1.26 bits per heavy atom. The molecule has 0 aromatic heterocycles. The van der Waals surface area contributed by atoms with Gasteiger partial charge in [-0.3, -0.25) is 48.5 Å². The third-order valence-corrected chi connectivity index (χ3v) is 17.9. The van der Waals surface area contributed by atoms with Crippen LogP contribution in [0, 0.1) is 45.3 Å². The highest BCUT2D eigenvalue weighted by atomic mass is 16.5. The molecule has 1 saturated heterocycles. The predicted octanol–water partition coefficient (Wildman–Crippen LogP) is 3.95. The number of allylic oxidation sites excluding steroid dienone is 6. The number of rotatable bonds is 23. The SMILES string of the molecule is COC(=O)CC[C@@H]1C2=C(C)C3=NC([C@H](CC(=O)OC)[C@@]3(C)CCC(=O)OC)[C@]3(C)N=C(/C(C)=C4\NC(=CC(=N2)C1(C)C)[C@@H](CCC(=O)N[C@@H](CO)C(=O)OC)[C@]4(C)CC(=O)NCCO)[C@@H](CCC(=O)OC)[C@]3(C)CC(=O)OC. The zero-order valence-corrected chi connectivity index (χ0v) is 47.9. The van der Waals surface area contributed by atoms with Crippen LogP contribution in [-0.4, -0.2) is 155 Å². The Kier molecular flexibility index (Phi) is 20.2. The molecule has 432 valence electrons. The van der Waals surface area contributed by atoms with Crippen LogP contribution >= 0.6 is 0 Å². The molecule has 5 aliphatic rings. The summed E-state index contributed by atoms with van der Waals surface area (Å²) in [5.74, 6) is -7.19.